The van der Waals surface area contributed by atoms with Crippen molar-refractivity contribution in [2.24, 2.45) is 0 Å². The van der Waals surface area contributed by atoms with E-state index in [1.807, 2.05) is 24.3 Å². The summed E-state index contributed by atoms with van der Waals surface area (Å²) in [4.78, 5) is 2.14. The second-order valence-corrected chi connectivity index (χ2v) is 4.91. The average molecular weight is 273 g/mol. The van der Waals surface area contributed by atoms with Crippen molar-refractivity contribution in [3.63, 3.8) is 0 Å². The zero-order chi connectivity index (χ0) is 13.9. The van der Waals surface area contributed by atoms with Crippen LogP contribution in [-0.2, 0) is 13.1 Å². The Kier molecular flexibility index (Phi) is 3.56. The lowest BCUT2D eigenvalue weighted by Gasteiger charge is -2.20. The second-order valence-electron chi connectivity index (χ2n) is 4.91. The molecule has 0 fully saturated rings. The van der Waals surface area contributed by atoms with E-state index in [1.165, 1.54) is 6.07 Å². The van der Waals surface area contributed by atoms with Gasteiger partial charge >= 0.3 is 0 Å². The SMILES string of the molecule is Oc1c(F)cccc1CN1CCOc2ccccc2C1. The van der Waals surface area contributed by atoms with Gasteiger partial charge in [-0.05, 0) is 12.1 Å². The summed E-state index contributed by atoms with van der Waals surface area (Å²) < 4.78 is 19.1. The molecular weight excluding hydrogens is 257 g/mol. The molecule has 3 nitrogen and oxygen atoms in total. The number of nitrogens with zero attached hydrogens (tertiary/aromatic N) is 1. The van der Waals surface area contributed by atoms with Gasteiger partial charge in [-0.3, -0.25) is 4.90 Å². The van der Waals surface area contributed by atoms with Crippen molar-refractivity contribution in [3.05, 3.63) is 59.4 Å². The molecule has 0 radical (unpaired) electrons. The van der Waals surface area contributed by atoms with Crippen molar-refractivity contribution in [2.45, 2.75) is 13.1 Å². The van der Waals surface area contributed by atoms with Gasteiger partial charge in [0.2, 0.25) is 0 Å². The predicted molar refractivity (Wildman–Crippen MR) is 74.1 cm³/mol. The van der Waals surface area contributed by atoms with E-state index in [0.29, 0.717) is 18.7 Å². The Morgan fingerprint density at radius 3 is 2.90 bits per heavy atom. The Balaban J connectivity index is 1.80. The molecule has 0 saturated carbocycles. The third-order valence-electron chi connectivity index (χ3n) is 3.50. The lowest BCUT2D eigenvalue weighted by atomic mass is 10.1. The molecule has 1 N–H and O–H groups in total. The second kappa shape index (κ2) is 5.51. The molecule has 0 spiro atoms. The van der Waals surface area contributed by atoms with E-state index in [2.05, 4.69) is 4.90 Å². The molecule has 1 heterocycles. The normalized spacial score (nSPS) is 15.2. The van der Waals surface area contributed by atoms with Crippen LogP contribution < -0.4 is 4.74 Å². The standard InChI is InChI=1S/C16H16FNO2/c17-14-6-3-5-13(16(14)19)11-18-8-9-20-15-7-2-1-4-12(15)10-18/h1-7,19H,8-11H2. The molecule has 2 aromatic rings. The Bertz CT molecular complexity index is 615. The number of hydrogen-bond acceptors (Lipinski definition) is 3. The predicted octanol–water partition coefficient (Wildman–Crippen LogP) is 2.93. The van der Waals surface area contributed by atoms with Crippen LogP contribution in [0.4, 0.5) is 4.39 Å². The van der Waals surface area contributed by atoms with Crippen LogP contribution in [0.15, 0.2) is 42.5 Å². The quantitative estimate of drug-likeness (QED) is 0.913. The minimum absolute atomic E-state index is 0.258. The van der Waals surface area contributed by atoms with Gasteiger partial charge in [-0.2, -0.15) is 0 Å². The van der Waals surface area contributed by atoms with Crippen LogP contribution in [0.1, 0.15) is 11.1 Å². The first-order valence-electron chi connectivity index (χ1n) is 6.63. The summed E-state index contributed by atoms with van der Waals surface area (Å²) in [6, 6.07) is 12.5. The van der Waals surface area contributed by atoms with Crippen LogP contribution in [0.25, 0.3) is 0 Å². The van der Waals surface area contributed by atoms with E-state index < -0.39 is 5.82 Å². The van der Waals surface area contributed by atoms with E-state index in [4.69, 9.17) is 4.74 Å². The number of hydrogen-bond donors (Lipinski definition) is 1. The Morgan fingerprint density at radius 2 is 2.00 bits per heavy atom. The Labute approximate surface area is 117 Å². The lowest BCUT2D eigenvalue weighted by Crippen LogP contribution is -2.25. The van der Waals surface area contributed by atoms with Gasteiger partial charge in [-0.15, -0.1) is 0 Å². The number of fused-ring (bicyclic) bond motifs is 1. The molecule has 0 amide bonds. The molecule has 1 aliphatic rings. The molecule has 3 rings (SSSR count). The number of ether oxygens (including phenoxy) is 1. The summed E-state index contributed by atoms with van der Waals surface area (Å²) in [5.74, 6) is 0.0680. The van der Waals surface area contributed by atoms with Gasteiger partial charge in [0.15, 0.2) is 11.6 Å². The van der Waals surface area contributed by atoms with Gasteiger partial charge in [-0.1, -0.05) is 30.3 Å². The van der Waals surface area contributed by atoms with E-state index in [0.717, 1.165) is 24.4 Å². The highest BCUT2D eigenvalue weighted by Gasteiger charge is 2.17. The van der Waals surface area contributed by atoms with Gasteiger partial charge in [0.1, 0.15) is 12.4 Å². The molecule has 2 aromatic carbocycles. The number of phenolic OH excluding ortho intramolecular Hbond substituents is 1. The number of para-hydroxylation sites is 2. The first kappa shape index (κ1) is 12.9. The average Bonchev–Trinajstić information content (AvgIpc) is 2.65. The van der Waals surface area contributed by atoms with Crippen molar-refractivity contribution in [1.82, 2.24) is 4.90 Å². The number of aromatic hydroxyl groups is 1. The van der Waals surface area contributed by atoms with Crippen molar-refractivity contribution < 1.29 is 14.2 Å². The molecule has 104 valence electrons. The summed E-state index contributed by atoms with van der Waals surface area (Å²) in [5, 5.41) is 9.76. The molecule has 0 saturated heterocycles. The number of halogens is 1. The molecule has 20 heavy (non-hydrogen) atoms. The largest absolute Gasteiger partial charge is 0.505 e. The smallest absolute Gasteiger partial charge is 0.165 e. The first-order chi connectivity index (χ1) is 9.74. The van der Waals surface area contributed by atoms with Crippen LogP contribution in [0.2, 0.25) is 0 Å². The number of rotatable bonds is 2. The lowest BCUT2D eigenvalue weighted by molar-refractivity contribution is 0.217. The van der Waals surface area contributed by atoms with E-state index in [1.54, 1.807) is 12.1 Å². The van der Waals surface area contributed by atoms with Crippen molar-refractivity contribution in [3.8, 4) is 11.5 Å². The maximum atomic E-state index is 13.4. The fourth-order valence-corrected chi connectivity index (χ4v) is 2.44. The maximum absolute atomic E-state index is 13.4. The summed E-state index contributed by atoms with van der Waals surface area (Å²) in [6.07, 6.45) is 0. The molecule has 0 unspecified atom stereocenters. The van der Waals surface area contributed by atoms with E-state index in [9.17, 15) is 9.50 Å². The van der Waals surface area contributed by atoms with Crippen LogP contribution in [0.3, 0.4) is 0 Å². The van der Waals surface area contributed by atoms with Crippen molar-refractivity contribution >= 4 is 0 Å². The summed E-state index contributed by atoms with van der Waals surface area (Å²) in [7, 11) is 0. The molecule has 0 atom stereocenters. The monoisotopic (exact) mass is 273 g/mol. The number of benzene rings is 2. The molecule has 0 aromatic heterocycles. The fraction of sp³-hybridized carbons (Fsp3) is 0.250. The zero-order valence-corrected chi connectivity index (χ0v) is 11.1. The van der Waals surface area contributed by atoms with Crippen LogP contribution in [-0.4, -0.2) is 23.2 Å². The topological polar surface area (TPSA) is 32.7 Å². The highest BCUT2D eigenvalue weighted by molar-refractivity contribution is 5.35. The summed E-state index contributed by atoms with van der Waals surface area (Å²) in [6.45, 7) is 2.56. The van der Waals surface area contributed by atoms with Crippen LogP contribution >= 0.6 is 0 Å². The minimum atomic E-state index is -0.575. The minimum Gasteiger partial charge on any atom is -0.505 e. The Hall–Kier alpha value is -2.07. The maximum Gasteiger partial charge on any atom is 0.165 e. The third kappa shape index (κ3) is 2.60. The van der Waals surface area contributed by atoms with Gasteiger partial charge < -0.3 is 9.84 Å². The molecule has 0 bridgehead atoms. The number of phenols is 1. The molecule has 4 heteroatoms. The molecular formula is C16H16FNO2. The summed E-state index contributed by atoms with van der Waals surface area (Å²) >= 11 is 0. The third-order valence-corrected chi connectivity index (χ3v) is 3.50. The van der Waals surface area contributed by atoms with Crippen molar-refractivity contribution in [2.75, 3.05) is 13.2 Å². The van der Waals surface area contributed by atoms with Gasteiger partial charge in [0.05, 0.1) is 0 Å². The van der Waals surface area contributed by atoms with Crippen LogP contribution in [0.5, 0.6) is 11.5 Å². The van der Waals surface area contributed by atoms with Gasteiger partial charge in [-0.25, -0.2) is 4.39 Å². The first-order valence-corrected chi connectivity index (χ1v) is 6.63. The Morgan fingerprint density at radius 1 is 1.15 bits per heavy atom. The highest BCUT2D eigenvalue weighted by atomic mass is 19.1. The molecule has 0 aliphatic carbocycles. The van der Waals surface area contributed by atoms with E-state index >= 15 is 0 Å². The van der Waals surface area contributed by atoms with E-state index in [-0.39, 0.29) is 5.75 Å². The molecule has 1 aliphatic heterocycles. The fourth-order valence-electron chi connectivity index (χ4n) is 2.44. The van der Waals surface area contributed by atoms with Crippen LogP contribution in [0, 0.1) is 5.82 Å². The zero-order valence-electron chi connectivity index (χ0n) is 11.1. The van der Waals surface area contributed by atoms with Crippen molar-refractivity contribution in [1.29, 1.82) is 0 Å². The highest BCUT2D eigenvalue weighted by Crippen LogP contribution is 2.26. The van der Waals surface area contributed by atoms with Gasteiger partial charge in [0, 0.05) is 30.8 Å². The summed E-state index contributed by atoms with van der Waals surface area (Å²) in [5.41, 5.74) is 1.71. The van der Waals surface area contributed by atoms with Gasteiger partial charge in [0.25, 0.3) is 0 Å².